The molecule has 6 nitrogen and oxygen atoms in total. The predicted molar refractivity (Wildman–Crippen MR) is 85.9 cm³/mol. The van der Waals surface area contributed by atoms with Crippen LogP contribution in [0.1, 0.15) is 18.9 Å². The van der Waals surface area contributed by atoms with Crippen molar-refractivity contribution in [2.45, 2.75) is 19.9 Å². The van der Waals surface area contributed by atoms with Gasteiger partial charge in [-0.3, -0.25) is 14.5 Å². The monoisotopic (exact) mass is 329 g/mol. The van der Waals surface area contributed by atoms with Crippen molar-refractivity contribution in [1.29, 1.82) is 0 Å². The zero-order chi connectivity index (χ0) is 17.7. The summed E-state index contributed by atoms with van der Waals surface area (Å²) in [5.74, 6) is -1.70. The Morgan fingerprint density at radius 2 is 2.17 bits per heavy atom. The molecule has 0 unspecified atom stereocenters. The number of likely N-dealkylation sites (tertiary alicyclic amines) is 1. The molecule has 1 saturated heterocycles. The Kier molecular flexibility index (Phi) is 5.55. The summed E-state index contributed by atoms with van der Waals surface area (Å²) in [5.41, 5.74) is 3.22. The van der Waals surface area contributed by atoms with Crippen molar-refractivity contribution in [3.8, 4) is 5.75 Å². The molecular formula is C18H19NO5. The molecule has 24 heavy (non-hydrogen) atoms. The normalized spacial score (nSPS) is 16.8. The largest absolute Gasteiger partial charge is 0.497 e. The summed E-state index contributed by atoms with van der Waals surface area (Å²) >= 11 is 0. The maximum atomic E-state index is 12.6. The van der Waals surface area contributed by atoms with Gasteiger partial charge < -0.3 is 9.47 Å². The fourth-order valence-corrected chi connectivity index (χ4v) is 2.57. The van der Waals surface area contributed by atoms with Gasteiger partial charge in [-0.25, -0.2) is 4.79 Å². The Morgan fingerprint density at radius 3 is 2.79 bits per heavy atom. The Labute approximate surface area is 140 Å². The molecule has 2 rings (SSSR count). The van der Waals surface area contributed by atoms with E-state index in [2.05, 4.69) is 12.3 Å². The van der Waals surface area contributed by atoms with Gasteiger partial charge in [0.25, 0.3) is 0 Å². The number of carbonyl (C=O) groups is 3. The third kappa shape index (κ3) is 3.55. The van der Waals surface area contributed by atoms with E-state index in [4.69, 9.17) is 9.47 Å². The van der Waals surface area contributed by atoms with Gasteiger partial charge in [-0.2, -0.15) is 0 Å². The van der Waals surface area contributed by atoms with Crippen LogP contribution in [0.2, 0.25) is 0 Å². The minimum Gasteiger partial charge on any atom is -0.497 e. The molecule has 1 aliphatic heterocycles. The van der Waals surface area contributed by atoms with Gasteiger partial charge in [-0.05, 0) is 24.6 Å². The van der Waals surface area contributed by atoms with Gasteiger partial charge in [0, 0.05) is 6.42 Å². The number of nitrogens with zero attached hydrogens (tertiary/aromatic N) is 1. The van der Waals surface area contributed by atoms with Crippen LogP contribution in [-0.4, -0.2) is 36.4 Å². The van der Waals surface area contributed by atoms with Crippen molar-refractivity contribution in [3.05, 3.63) is 47.7 Å². The van der Waals surface area contributed by atoms with Crippen LogP contribution in [0.15, 0.2) is 42.1 Å². The number of imide groups is 1. The van der Waals surface area contributed by atoms with Gasteiger partial charge >= 0.3 is 5.97 Å². The predicted octanol–water partition coefficient (Wildman–Crippen LogP) is 1.84. The molecule has 1 fully saturated rings. The summed E-state index contributed by atoms with van der Waals surface area (Å²) in [6.07, 6.45) is -0.0839. The number of hydrogen-bond acceptors (Lipinski definition) is 5. The van der Waals surface area contributed by atoms with Crippen LogP contribution >= 0.6 is 0 Å². The molecule has 1 aromatic rings. The van der Waals surface area contributed by atoms with Gasteiger partial charge in [0.2, 0.25) is 11.8 Å². The topological polar surface area (TPSA) is 72.9 Å². The summed E-state index contributed by atoms with van der Waals surface area (Å²) in [6, 6.07) is 7.11. The highest BCUT2D eigenvalue weighted by Crippen LogP contribution is 2.28. The number of carbonyl (C=O) groups excluding carboxylic acids is 3. The molecule has 0 aromatic heterocycles. The van der Waals surface area contributed by atoms with Gasteiger partial charge in [-0.1, -0.05) is 18.7 Å². The maximum Gasteiger partial charge on any atom is 0.342 e. The second-order valence-corrected chi connectivity index (χ2v) is 5.24. The van der Waals surface area contributed by atoms with E-state index in [1.54, 1.807) is 38.3 Å². The first-order chi connectivity index (χ1) is 11.5. The van der Waals surface area contributed by atoms with Gasteiger partial charge in [0.15, 0.2) is 0 Å². The molecule has 0 spiro atoms. The summed E-state index contributed by atoms with van der Waals surface area (Å²) in [5, 5.41) is 0. The minimum atomic E-state index is -0.889. The van der Waals surface area contributed by atoms with Gasteiger partial charge in [-0.15, -0.1) is 5.73 Å². The Balaban J connectivity index is 2.19. The molecule has 1 aliphatic rings. The average Bonchev–Trinajstić information content (AvgIpc) is 2.84. The van der Waals surface area contributed by atoms with E-state index in [-0.39, 0.29) is 31.1 Å². The number of hydrogen-bond donors (Lipinski definition) is 0. The molecule has 6 heteroatoms. The lowest BCUT2D eigenvalue weighted by Gasteiger charge is -2.16. The smallest absolute Gasteiger partial charge is 0.342 e. The number of rotatable bonds is 6. The van der Waals surface area contributed by atoms with Crippen LogP contribution in [0.4, 0.5) is 0 Å². The van der Waals surface area contributed by atoms with E-state index in [9.17, 15) is 14.4 Å². The van der Waals surface area contributed by atoms with Crippen molar-refractivity contribution in [3.63, 3.8) is 0 Å². The fourth-order valence-electron chi connectivity index (χ4n) is 2.57. The Hall–Kier alpha value is -2.85. The summed E-state index contributed by atoms with van der Waals surface area (Å²) < 4.78 is 10.0. The molecule has 1 heterocycles. The standard InChI is InChI=1S/C18H19NO5/c1-4-14(18(22)24-5-2)15-10-16(20)19(17(15)21)11-12-7-6-8-13(9-12)23-3/h6-9,15H,1,5,10-11H2,2-3H3/t15-/m1/s1. The second-order valence-electron chi connectivity index (χ2n) is 5.24. The SMILES string of the molecule is C=C=C(C(=O)OCC)[C@H]1CC(=O)N(Cc2cccc(OC)c2)C1=O. The third-order valence-corrected chi connectivity index (χ3v) is 3.75. The van der Waals surface area contributed by atoms with Crippen molar-refractivity contribution in [1.82, 2.24) is 4.90 Å². The zero-order valence-electron chi connectivity index (χ0n) is 13.7. The highest BCUT2D eigenvalue weighted by molar-refractivity contribution is 6.09. The zero-order valence-corrected chi connectivity index (χ0v) is 13.7. The van der Waals surface area contributed by atoms with Crippen LogP contribution in [0, 0.1) is 5.92 Å². The molecule has 0 N–H and O–H groups in total. The Bertz CT molecular complexity index is 718. The summed E-state index contributed by atoms with van der Waals surface area (Å²) in [7, 11) is 1.54. The number of ether oxygens (including phenoxy) is 2. The van der Waals surface area contributed by atoms with Crippen LogP contribution in [0.3, 0.4) is 0 Å². The summed E-state index contributed by atoms with van der Waals surface area (Å²) in [6.45, 7) is 5.40. The first kappa shape index (κ1) is 17.5. The minimum absolute atomic E-state index is 0.00309. The molecule has 126 valence electrons. The van der Waals surface area contributed by atoms with Crippen molar-refractivity contribution in [2.24, 2.45) is 5.92 Å². The molecular weight excluding hydrogens is 310 g/mol. The highest BCUT2D eigenvalue weighted by atomic mass is 16.5. The number of esters is 1. The third-order valence-electron chi connectivity index (χ3n) is 3.75. The van der Waals surface area contributed by atoms with E-state index in [0.29, 0.717) is 5.75 Å². The average molecular weight is 329 g/mol. The van der Waals surface area contributed by atoms with E-state index < -0.39 is 17.8 Å². The van der Waals surface area contributed by atoms with Gasteiger partial charge in [0.1, 0.15) is 5.75 Å². The lowest BCUT2D eigenvalue weighted by molar-refractivity contribution is -0.143. The quantitative estimate of drug-likeness (QED) is 0.345. The molecule has 0 saturated carbocycles. The second kappa shape index (κ2) is 7.62. The number of benzene rings is 1. The first-order valence-electron chi connectivity index (χ1n) is 7.56. The van der Waals surface area contributed by atoms with Crippen molar-refractivity contribution in [2.75, 3.05) is 13.7 Å². The van der Waals surface area contributed by atoms with Gasteiger partial charge in [0.05, 0.1) is 31.8 Å². The van der Waals surface area contributed by atoms with Crippen LogP contribution < -0.4 is 4.74 Å². The van der Waals surface area contributed by atoms with E-state index in [0.717, 1.165) is 10.5 Å². The van der Waals surface area contributed by atoms with Crippen LogP contribution in [0.5, 0.6) is 5.75 Å². The highest BCUT2D eigenvalue weighted by Gasteiger charge is 2.42. The lowest BCUT2D eigenvalue weighted by Crippen LogP contribution is -2.31. The first-order valence-corrected chi connectivity index (χ1v) is 7.56. The molecule has 2 amide bonds. The Morgan fingerprint density at radius 1 is 1.42 bits per heavy atom. The van der Waals surface area contributed by atoms with Crippen LogP contribution in [-0.2, 0) is 25.7 Å². The van der Waals surface area contributed by atoms with E-state index in [1.807, 2.05) is 0 Å². The van der Waals surface area contributed by atoms with Crippen molar-refractivity contribution < 1.29 is 23.9 Å². The molecule has 0 bridgehead atoms. The molecule has 1 atom stereocenters. The molecule has 1 aromatic carbocycles. The fraction of sp³-hybridized carbons (Fsp3) is 0.333. The van der Waals surface area contributed by atoms with Crippen molar-refractivity contribution >= 4 is 17.8 Å². The lowest BCUT2D eigenvalue weighted by atomic mass is 9.98. The number of methoxy groups -OCH3 is 1. The summed E-state index contributed by atoms with van der Waals surface area (Å²) in [4.78, 5) is 37.8. The van der Waals surface area contributed by atoms with E-state index >= 15 is 0 Å². The number of amides is 2. The van der Waals surface area contributed by atoms with E-state index in [1.165, 1.54) is 0 Å². The van der Waals surface area contributed by atoms with Crippen LogP contribution in [0.25, 0.3) is 0 Å². The maximum absolute atomic E-state index is 12.6. The molecule has 0 aliphatic carbocycles. The molecule has 0 radical (unpaired) electrons.